The Morgan fingerprint density at radius 1 is 1.33 bits per heavy atom. The number of oxime groups is 1. The fraction of sp³-hybridized carbons (Fsp3) is 0.214. The highest BCUT2D eigenvalue weighted by Crippen LogP contribution is 2.40. The maximum atomic E-state index is 13.3. The molecule has 1 fully saturated rings. The summed E-state index contributed by atoms with van der Waals surface area (Å²) in [6.07, 6.45) is 5.80. The molecule has 0 radical (unpaired) electrons. The van der Waals surface area contributed by atoms with Crippen molar-refractivity contribution in [3.8, 4) is 0 Å². The first-order valence-electron chi connectivity index (χ1n) is 13.6. The molecule has 3 aromatic heterocycles. The summed E-state index contributed by atoms with van der Waals surface area (Å²) in [4.78, 5) is 49.6. The summed E-state index contributed by atoms with van der Waals surface area (Å²) in [7, 11) is 1.25. The summed E-state index contributed by atoms with van der Waals surface area (Å²) < 4.78 is 7.96. The Morgan fingerprint density at radius 3 is 2.87 bits per heavy atom. The smallest absolute Gasteiger partial charge is 0.352 e. The van der Waals surface area contributed by atoms with E-state index in [2.05, 4.69) is 24.4 Å². The van der Waals surface area contributed by atoms with Crippen molar-refractivity contribution in [2.75, 3.05) is 18.6 Å². The lowest BCUT2D eigenvalue weighted by atomic mass is 10.0. The van der Waals surface area contributed by atoms with Crippen molar-refractivity contribution in [3.63, 3.8) is 0 Å². The van der Waals surface area contributed by atoms with E-state index in [0.29, 0.717) is 17.9 Å². The number of rotatable bonds is 10. The minimum atomic E-state index is -1.23. The van der Waals surface area contributed by atoms with Crippen LogP contribution in [-0.4, -0.2) is 76.9 Å². The van der Waals surface area contributed by atoms with Crippen LogP contribution in [0.4, 0.5) is 5.13 Å². The molecular formula is C28H27N10O5S3+. The lowest BCUT2D eigenvalue weighted by molar-refractivity contribution is -0.687. The van der Waals surface area contributed by atoms with Crippen molar-refractivity contribution in [2.24, 2.45) is 10.9 Å². The van der Waals surface area contributed by atoms with Crippen LogP contribution in [0.3, 0.4) is 0 Å². The van der Waals surface area contributed by atoms with Gasteiger partial charge in [-0.2, -0.15) is 13.9 Å². The molecule has 0 aliphatic carbocycles. The molecule has 2 aliphatic heterocycles. The van der Waals surface area contributed by atoms with Crippen molar-refractivity contribution in [3.05, 3.63) is 77.6 Å². The minimum absolute atomic E-state index is 0.0212. The number of amides is 2. The van der Waals surface area contributed by atoms with E-state index >= 15 is 0 Å². The van der Waals surface area contributed by atoms with Crippen LogP contribution in [0.5, 0.6) is 0 Å². The van der Waals surface area contributed by atoms with E-state index in [4.69, 9.17) is 21.7 Å². The number of benzene rings is 1. The minimum Gasteiger partial charge on any atom is -0.477 e. The normalized spacial score (nSPS) is 17.9. The van der Waals surface area contributed by atoms with Crippen LogP contribution in [0.1, 0.15) is 11.4 Å². The van der Waals surface area contributed by atoms with Crippen LogP contribution in [-0.2, 0) is 32.3 Å². The van der Waals surface area contributed by atoms with Gasteiger partial charge in [-0.15, -0.1) is 11.8 Å². The van der Waals surface area contributed by atoms with E-state index in [-0.39, 0.29) is 34.1 Å². The van der Waals surface area contributed by atoms with Crippen LogP contribution < -0.4 is 21.4 Å². The first kappa shape index (κ1) is 31.1. The molecule has 6 rings (SSSR count). The van der Waals surface area contributed by atoms with Crippen LogP contribution >= 0.6 is 35.1 Å². The molecule has 7 N–H and O–H groups in total. The Labute approximate surface area is 274 Å². The average molecular weight is 680 g/mol. The summed E-state index contributed by atoms with van der Waals surface area (Å²) in [6.45, 7) is 0.827. The summed E-state index contributed by atoms with van der Waals surface area (Å²) in [6, 6.07) is 10.8. The van der Waals surface area contributed by atoms with Gasteiger partial charge in [0.1, 0.15) is 29.7 Å². The van der Waals surface area contributed by atoms with Crippen molar-refractivity contribution in [1.82, 2.24) is 24.1 Å². The molecule has 1 saturated heterocycles. The van der Waals surface area contributed by atoms with Crippen molar-refractivity contribution < 1.29 is 28.9 Å². The van der Waals surface area contributed by atoms with Crippen LogP contribution in [0, 0.1) is 5.41 Å². The van der Waals surface area contributed by atoms with Gasteiger partial charge in [-0.25, -0.2) is 4.79 Å². The lowest BCUT2D eigenvalue weighted by Crippen LogP contribution is -2.71. The number of β-lactam (4-membered cyclic amide) rings is 1. The highest BCUT2D eigenvalue weighted by molar-refractivity contribution is 8.13. The number of hydrogen-bond donors (Lipinski definition) is 5. The molecular weight excluding hydrogens is 653 g/mol. The molecule has 4 aromatic rings. The van der Waals surface area contributed by atoms with Crippen molar-refractivity contribution in [1.29, 1.82) is 5.41 Å². The summed E-state index contributed by atoms with van der Waals surface area (Å²) in [5, 5.41) is 24.6. The first-order chi connectivity index (χ1) is 22.1. The number of aromatic nitrogens is 4. The maximum absolute atomic E-state index is 13.3. The molecule has 18 heteroatoms. The van der Waals surface area contributed by atoms with Crippen molar-refractivity contribution in [2.45, 2.75) is 29.4 Å². The highest BCUT2D eigenvalue weighted by atomic mass is 32.2. The lowest BCUT2D eigenvalue weighted by Gasteiger charge is -2.49. The first-order valence-corrected chi connectivity index (χ1v) is 16.3. The fourth-order valence-corrected chi connectivity index (χ4v) is 7.66. The number of carboxylic acids is 1. The number of nitrogens with two attached hydrogens (primary N) is 2. The van der Waals surface area contributed by atoms with E-state index in [1.165, 1.54) is 35.5 Å². The van der Waals surface area contributed by atoms with Gasteiger partial charge in [0, 0.05) is 51.9 Å². The number of pyridine rings is 1. The number of thioether (sulfide) groups is 2. The third-order valence-electron chi connectivity index (χ3n) is 7.21. The SMILES string of the molecule is CO/N=C(\C(=O)N[C@@H]1C(=O)N2C(C(=O)O)=C(C[n+]3ccc4ccn(Cc5cccc(SC(=N)N)c5)c4c3)CS[C@H]12)c1nsc(N)n1. The number of nitrogen functional groups attached to an aromatic ring is 1. The van der Waals surface area contributed by atoms with E-state index in [1.807, 2.05) is 59.6 Å². The van der Waals surface area contributed by atoms with Crippen LogP contribution in [0.2, 0.25) is 0 Å². The summed E-state index contributed by atoms with van der Waals surface area (Å²) in [5.41, 5.74) is 13.4. The van der Waals surface area contributed by atoms with E-state index in [9.17, 15) is 19.5 Å². The van der Waals surface area contributed by atoms with Gasteiger partial charge in [0.2, 0.25) is 11.5 Å². The topological polar surface area (TPSA) is 219 Å². The van der Waals surface area contributed by atoms with E-state index < -0.39 is 29.2 Å². The number of carbonyl (C=O) groups excluding carboxylic acids is 2. The number of nitrogens with zero attached hydrogens (tertiary/aromatic N) is 6. The van der Waals surface area contributed by atoms with Crippen LogP contribution in [0.15, 0.2) is 76.3 Å². The number of anilines is 1. The zero-order valence-corrected chi connectivity index (χ0v) is 26.6. The molecule has 1 aromatic carbocycles. The molecule has 0 spiro atoms. The quantitative estimate of drug-likeness (QED) is 0.0400. The summed E-state index contributed by atoms with van der Waals surface area (Å²) in [5.74, 6) is -2.24. The number of carbonyl (C=O) groups is 3. The molecule has 2 atom stereocenters. The van der Waals surface area contributed by atoms with Gasteiger partial charge in [0.05, 0.1) is 0 Å². The second-order valence-corrected chi connectivity index (χ2v) is 13.2. The molecule has 2 amide bonds. The van der Waals surface area contributed by atoms with E-state index in [0.717, 1.165) is 32.9 Å². The average Bonchev–Trinajstić information content (AvgIpc) is 3.63. The Morgan fingerprint density at radius 2 is 2.15 bits per heavy atom. The van der Waals surface area contributed by atoms with Gasteiger partial charge < -0.3 is 31.3 Å². The van der Waals surface area contributed by atoms with Gasteiger partial charge in [0.25, 0.3) is 11.8 Å². The van der Waals surface area contributed by atoms with Gasteiger partial charge in [0.15, 0.2) is 29.2 Å². The third kappa shape index (κ3) is 6.13. The number of fused-ring (bicyclic) bond motifs is 2. The number of hydrogen-bond acceptors (Lipinski definition) is 12. The number of carboxylic acid groups (broad SMARTS) is 1. The molecule has 2 aliphatic rings. The highest BCUT2D eigenvalue weighted by Gasteiger charge is 2.55. The molecule has 0 unspecified atom stereocenters. The Kier molecular flexibility index (Phi) is 8.65. The summed E-state index contributed by atoms with van der Waals surface area (Å²) >= 11 is 3.43. The molecule has 0 saturated carbocycles. The van der Waals surface area contributed by atoms with E-state index in [1.54, 1.807) is 0 Å². The number of nitrogens with one attached hydrogen (secondary N) is 2. The molecule has 236 valence electrons. The second-order valence-electron chi connectivity index (χ2n) is 10.2. The molecule has 0 bridgehead atoms. The van der Waals surface area contributed by atoms with Gasteiger partial charge in [-0.05, 0) is 23.8 Å². The number of aliphatic carboxylic acids is 1. The maximum Gasteiger partial charge on any atom is 0.352 e. The standard InChI is InChI=1S/C28H26N10O5S3/c1-43-34-19(22-33-28(31)46-35-22)23(39)32-20-24(40)38-21(26(41)42)16(13-44-25(20)38)11-36-7-5-15-6-8-37(18(15)12-36)10-14-3-2-4-17(9-14)45-27(29)30/h2-9,12,20,25H,10-11,13H2,1H3,(H6-,29,30,31,32,33,35,39,41,42)/p+1/b34-19-/t20-,25-/m1/s1. The zero-order chi connectivity index (χ0) is 32.5. The molecule has 5 heterocycles. The monoisotopic (exact) mass is 679 g/mol. The Hall–Kier alpha value is -4.94. The van der Waals surface area contributed by atoms with Crippen LogP contribution in [0.25, 0.3) is 10.9 Å². The molecule has 46 heavy (non-hydrogen) atoms. The predicted octanol–water partition coefficient (Wildman–Crippen LogP) is 1.19. The fourth-order valence-electron chi connectivity index (χ4n) is 5.28. The Bertz CT molecular complexity index is 1950. The zero-order valence-electron chi connectivity index (χ0n) is 24.1. The predicted molar refractivity (Wildman–Crippen MR) is 173 cm³/mol. The second kappa shape index (κ2) is 12.8. The molecule has 15 nitrogen and oxygen atoms in total. The van der Waals surface area contributed by atoms with Gasteiger partial charge in [-0.3, -0.25) is 19.9 Å². The third-order valence-corrected chi connectivity index (χ3v) is 9.80. The van der Waals surface area contributed by atoms with Gasteiger partial charge >= 0.3 is 5.97 Å². The number of amidine groups is 1. The largest absolute Gasteiger partial charge is 0.477 e. The van der Waals surface area contributed by atoms with Gasteiger partial charge in [-0.1, -0.05) is 29.1 Å². The van der Waals surface area contributed by atoms with Crippen molar-refractivity contribution >= 4 is 79.8 Å². The Balaban J connectivity index is 1.20.